The second-order valence-electron chi connectivity index (χ2n) is 5.20. The van der Waals surface area contributed by atoms with Gasteiger partial charge in [-0.05, 0) is 31.5 Å². The van der Waals surface area contributed by atoms with Gasteiger partial charge in [-0.15, -0.1) is 0 Å². The number of fused-ring (bicyclic) bond motifs is 1. The predicted octanol–water partition coefficient (Wildman–Crippen LogP) is 2.64. The van der Waals surface area contributed by atoms with Crippen molar-refractivity contribution >= 4 is 40.3 Å². The van der Waals surface area contributed by atoms with E-state index in [1.54, 1.807) is 6.07 Å². The molecule has 1 fully saturated rings. The fourth-order valence-electron chi connectivity index (χ4n) is 1.94. The molecule has 1 aliphatic heterocycles. The van der Waals surface area contributed by atoms with Gasteiger partial charge in [0.2, 0.25) is 0 Å². The minimum Gasteiger partial charge on any atom is -0.272 e. The van der Waals surface area contributed by atoms with Crippen molar-refractivity contribution in [3.63, 3.8) is 0 Å². The smallest absolute Gasteiger partial charge is 0.254 e. The second kappa shape index (κ2) is 4.40. The number of hydrogen-bond donors (Lipinski definition) is 0. The van der Waals surface area contributed by atoms with Gasteiger partial charge in [-0.1, -0.05) is 11.6 Å². The SMILES string of the molecule is CC1(C)CON(Cc2cc3nsnc3cc2Cl)C1=O. The van der Waals surface area contributed by atoms with Crippen molar-refractivity contribution in [3.05, 3.63) is 22.7 Å². The lowest BCUT2D eigenvalue weighted by atomic mass is 9.95. The molecule has 1 aromatic heterocycles. The van der Waals surface area contributed by atoms with Crippen LogP contribution in [0.15, 0.2) is 12.1 Å². The Morgan fingerprint density at radius 3 is 2.74 bits per heavy atom. The molecule has 1 amide bonds. The normalized spacial score (nSPS) is 18.5. The minimum atomic E-state index is -0.473. The molecule has 2 aromatic rings. The summed E-state index contributed by atoms with van der Waals surface area (Å²) < 4.78 is 8.30. The van der Waals surface area contributed by atoms with Crippen LogP contribution in [0.2, 0.25) is 5.02 Å². The van der Waals surface area contributed by atoms with Gasteiger partial charge in [-0.2, -0.15) is 8.75 Å². The van der Waals surface area contributed by atoms with Gasteiger partial charge >= 0.3 is 0 Å². The summed E-state index contributed by atoms with van der Waals surface area (Å²) in [6, 6.07) is 3.62. The van der Waals surface area contributed by atoms with Gasteiger partial charge < -0.3 is 0 Å². The van der Waals surface area contributed by atoms with Crippen molar-refractivity contribution in [2.24, 2.45) is 5.41 Å². The minimum absolute atomic E-state index is 0.0277. The third-order valence-electron chi connectivity index (χ3n) is 3.12. The molecule has 0 aliphatic carbocycles. The summed E-state index contributed by atoms with van der Waals surface area (Å²) in [5.41, 5.74) is 1.90. The zero-order chi connectivity index (χ0) is 13.6. The maximum Gasteiger partial charge on any atom is 0.254 e. The van der Waals surface area contributed by atoms with Crippen LogP contribution in [-0.4, -0.2) is 26.3 Å². The fourth-order valence-corrected chi connectivity index (χ4v) is 2.67. The summed E-state index contributed by atoms with van der Waals surface area (Å²) in [5.74, 6) is -0.0277. The molecular formula is C12H12ClN3O2S. The van der Waals surface area contributed by atoms with E-state index in [9.17, 15) is 4.79 Å². The van der Waals surface area contributed by atoms with Crippen LogP contribution in [0.5, 0.6) is 0 Å². The molecule has 1 saturated heterocycles. The average Bonchev–Trinajstić information content (AvgIpc) is 2.89. The number of carbonyl (C=O) groups is 1. The molecule has 7 heteroatoms. The highest BCUT2D eigenvalue weighted by Gasteiger charge is 2.40. The number of amides is 1. The molecule has 5 nitrogen and oxygen atoms in total. The van der Waals surface area contributed by atoms with Gasteiger partial charge in [-0.3, -0.25) is 9.63 Å². The molecule has 0 atom stereocenters. The third kappa shape index (κ3) is 2.20. The largest absolute Gasteiger partial charge is 0.272 e. The first kappa shape index (κ1) is 12.8. The highest BCUT2D eigenvalue weighted by Crippen LogP contribution is 2.30. The number of hydroxylamine groups is 2. The standard InChI is InChI=1S/C12H12ClN3O2S/c1-12(2)6-18-16(11(12)17)5-7-3-9-10(4-8(7)13)15-19-14-9/h3-4H,5-6H2,1-2H3. The summed E-state index contributed by atoms with van der Waals surface area (Å²) >= 11 is 7.34. The van der Waals surface area contributed by atoms with E-state index in [0.29, 0.717) is 18.2 Å². The number of hydrogen-bond acceptors (Lipinski definition) is 5. The Hall–Kier alpha value is -1.24. The summed E-state index contributed by atoms with van der Waals surface area (Å²) in [6.45, 7) is 4.45. The number of carbonyl (C=O) groups excluding carboxylic acids is 1. The number of aromatic nitrogens is 2. The maximum absolute atomic E-state index is 12.1. The van der Waals surface area contributed by atoms with E-state index in [1.165, 1.54) is 5.06 Å². The van der Waals surface area contributed by atoms with Gasteiger partial charge in [0.1, 0.15) is 11.0 Å². The van der Waals surface area contributed by atoms with Crippen LogP contribution in [0.25, 0.3) is 11.0 Å². The van der Waals surface area contributed by atoms with Gasteiger partial charge in [0, 0.05) is 5.02 Å². The van der Waals surface area contributed by atoms with Crippen molar-refractivity contribution < 1.29 is 9.63 Å². The zero-order valence-corrected chi connectivity index (χ0v) is 12.1. The van der Waals surface area contributed by atoms with Crippen LogP contribution >= 0.6 is 23.3 Å². The predicted molar refractivity (Wildman–Crippen MR) is 72.7 cm³/mol. The number of nitrogens with zero attached hydrogens (tertiary/aromatic N) is 3. The van der Waals surface area contributed by atoms with Crippen LogP contribution in [0.1, 0.15) is 19.4 Å². The van der Waals surface area contributed by atoms with Crippen LogP contribution < -0.4 is 0 Å². The Balaban J connectivity index is 1.89. The van der Waals surface area contributed by atoms with E-state index in [2.05, 4.69) is 8.75 Å². The Morgan fingerprint density at radius 2 is 2.11 bits per heavy atom. The van der Waals surface area contributed by atoms with Crippen LogP contribution in [0, 0.1) is 5.41 Å². The first-order chi connectivity index (χ1) is 8.97. The highest BCUT2D eigenvalue weighted by molar-refractivity contribution is 7.00. The third-order valence-corrected chi connectivity index (χ3v) is 4.03. The Morgan fingerprint density at radius 1 is 1.42 bits per heavy atom. The lowest BCUT2D eigenvalue weighted by Gasteiger charge is -2.17. The lowest BCUT2D eigenvalue weighted by molar-refractivity contribution is -0.165. The highest BCUT2D eigenvalue weighted by atomic mass is 35.5. The van der Waals surface area contributed by atoms with Crippen molar-refractivity contribution in [1.29, 1.82) is 0 Å². The van der Waals surface area contributed by atoms with E-state index in [4.69, 9.17) is 16.4 Å². The second-order valence-corrected chi connectivity index (χ2v) is 6.13. The van der Waals surface area contributed by atoms with E-state index in [0.717, 1.165) is 28.3 Å². The molecule has 0 spiro atoms. The Bertz CT molecular complexity index is 655. The maximum atomic E-state index is 12.1. The van der Waals surface area contributed by atoms with Gasteiger partial charge in [-0.25, -0.2) is 5.06 Å². The average molecular weight is 298 g/mol. The molecule has 0 radical (unpaired) electrons. The molecule has 19 heavy (non-hydrogen) atoms. The van der Waals surface area contributed by atoms with E-state index < -0.39 is 5.41 Å². The zero-order valence-electron chi connectivity index (χ0n) is 10.5. The quantitative estimate of drug-likeness (QED) is 0.855. The molecular weight excluding hydrogens is 286 g/mol. The van der Waals surface area contributed by atoms with Crippen molar-refractivity contribution in [2.75, 3.05) is 6.61 Å². The first-order valence-corrected chi connectivity index (χ1v) is 6.94. The van der Waals surface area contributed by atoms with Crippen LogP contribution in [0.4, 0.5) is 0 Å². The number of benzene rings is 1. The van der Waals surface area contributed by atoms with Gasteiger partial charge in [0.05, 0.1) is 30.3 Å². The van der Waals surface area contributed by atoms with Gasteiger partial charge in [0.25, 0.3) is 5.91 Å². The molecule has 1 aliphatic rings. The molecule has 0 saturated carbocycles. The molecule has 0 unspecified atom stereocenters. The Labute approximate surface area is 119 Å². The first-order valence-electron chi connectivity index (χ1n) is 5.83. The molecule has 100 valence electrons. The van der Waals surface area contributed by atoms with E-state index in [-0.39, 0.29) is 5.91 Å². The van der Waals surface area contributed by atoms with E-state index in [1.807, 2.05) is 19.9 Å². The van der Waals surface area contributed by atoms with Crippen LogP contribution in [-0.2, 0) is 16.2 Å². The molecule has 0 N–H and O–H groups in total. The summed E-state index contributed by atoms with van der Waals surface area (Å²) in [5, 5.41) is 1.94. The fraction of sp³-hybridized carbons (Fsp3) is 0.417. The number of rotatable bonds is 2. The lowest BCUT2D eigenvalue weighted by Crippen LogP contribution is -2.30. The Kier molecular flexibility index (Phi) is 2.96. The molecule has 0 bridgehead atoms. The summed E-state index contributed by atoms with van der Waals surface area (Å²) in [7, 11) is 0. The summed E-state index contributed by atoms with van der Waals surface area (Å²) in [6.07, 6.45) is 0. The topological polar surface area (TPSA) is 55.3 Å². The molecule has 1 aromatic carbocycles. The molecule has 2 heterocycles. The van der Waals surface area contributed by atoms with E-state index >= 15 is 0 Å². The van der Waals surface area contributed by atoms with Crippen molar-refractivity contribution in [1.82, 2.24) is 13.8 Å². The van der Waals surface area contributed by atoms with Crippen molar-refractivity contribution in [3.8, 4) is 0 Å². The van der Waals surface area contributed by atoms with Gasteiger partial charge in [0.15, 0.2) is 0 Å². The monoisotopic (exact) mass is 297 g/mol. The number of halogens is 1. The molecule has 3 rings (SSSR count). The summed E-state index contributed by atoms with van der Waals surface area (Å²) in [4.78, 5) is 17.5. The van der Waals surface area contributed by atoms with Crippen molar-refractivity contribution in [2.45, 2.75) is 20.4 Å². The van der Waals surface area contributed by atoms with Crippen LogP contribution in [0.3, 0.4) is 0 Å².